The Labute approximate surface area is 123 Å². The maximum Gasteiger partial charge on any atom is 0.169 e. The minimum atomic E-state index is 0.583. The smallest absolute Gasteiger partial charge is 0.169 e. The van der Waals surface area contributed by atoms with Crippen LogP contribution in [0.2, 0.25) is 0 Å². The van der Waals surface area contributed by atoms with E-state index in [-0.39, 0.29) is 0 Å². The fourth-order valence-electron chi connectivity index (χ4n) is 2.31. The van der Waals surface area contributed by atoms with Crippen LogP contribution in [0.1, 0.15) is 31.2 Å². The van der Waals surface area contributed by atoms with Crippen molar-refractivity contribution in [1.29, 1.82) is 0 Å². The summed E-state index contributed by atoms with van der Waals surface area (Å²) in [4.78, 5) is 2.10. The Morgan fingerprint density at radius 2 is 2.06 bits per heavy atom. The number of benzene rings is 1. The molecule has 2 nitrogen and oxygen atoms in total. The standard InChI is InChI=1S/C14H19BrN2S/c1-17(10-11-6-2-5-9-13(11)15)14(18)16-12-7-3-4-8-12/h2,5-6,9,12H,3-4,7-8,10H2,1H3,(H,16,18). The van der Waals surface area contributed by atoms with Crippen LogP contribution in [0.15, 0.2) is 28.7 Å². The first-order chi connectivity index (χ1) is 8.66. The fourth-order valence-corrected chi connectivity index (χ4v) is 2.95. The normalized spacial score (nSPS) is 15.7. The van der Waals surface area contributed by atoms with E-state index in [1.54, 1.807) is 0 Å². The van der Waals surface area contributed by atoms with Crippen LogP contribution in [-0.2, 0) is 6.54 Å². The molecule has 1 saturated carbocycles. The second-order valence-corrected chi connectivity index (χ2v) is 6.12. The molecule has 0 saturated heterocycles. The lowest BCUT2D eigenvalue weighted by atomic mass is 10.2. The Hall–Kier alpha value is -0.610. The van der Waals surface area contributed by atoms with E-state index in [0.29, 0.717) is 6.04 Å². The van der Waals surface area contributed by atoms with E-state index in [1.807, 2.05) is 13.1 Å². The van der Waals surface area contributed by atoms with E-state index >= 15 is 0 Å². The molecule has 1 N–H and O–H groups in total. The average Bonchev–Trinajstić information content (AvgIpc) is 2.84. The van der Waals surface area contributed by atoms with Crippen molar-refractivity contribution < 1.29 is 0 Å². The van der Waals surface area contributed by atoms with Crippen LogP contribution in [0.4, 0.5) is 0 Å². The predicted molar refractivity (Wildman–Crippen MR) is 83.6 cm³/mol. The predicted octanol–water partition coefficient (Wildman–Crippen LogP) is 3.70. The molecule has 0 unspecified atom stereocenters. The van der Waals surface area contributed by atoms with Gasteiger partial charge in [-0.1, -0.05) is 47.0 Å². The minimum absolute atomic E-state index is 0.583. The van der Waals surface area contributed by atoms with Gasteiger partial charge in [-0.25, -0.2) is 0 Å². The summed E-state index contributed by atoms with van der Waals surface area (Å²) in [5.74, 6) is 0. The summed E-state index contributed by atoms with van der Waals surface area (Å²) in [6.45, 7) is 0.833. The van der Waals surface area contributed by atoms with Gasteiger partial charge in [0, 0.05) is 24.1 Å². The van der Waals surface area contributed by atoms with Crippen molar-refractivity contribution >= 4 is 33.3 Å². The van der Waals surface area contributed by atoms with Gasteiger partial charge >= 0.3 is 0 Å². The topological polar surface area (TPSA) is 15.3 Å². The summed E-state index contributed by atoms with van der Waals surface area (Å²) in [5, 5.41) is 4.32. The highest BCUT2D eigenvalue weighted by Crippen LogP contribution is 2.19. The zero-order valence-electron chi connectivity index (χ0n) is 10.7. The molecule has 1 fully saturated rings. The molecule has 2 rings (SSSR count). The fraction of sp³-hybridized carbons (Fsp3) is 0.500. The van der Waals surface area contributed by atoms with Crippen molar-refractivity contribution in [3.05, 3.63) is 34.3 Å². The summed E-state index contributed by atoms with van der Waals surface area (Å²) >= 11 is 9.03. The van der Waals surface area contributed by atoms with Gasteiger partial charge in [-0.05, 0) is 36.7 Å². The van der Waals surface area contributed by atoms with Crippen LogP contribution in [0.5, 0.6) is 0 Å². The van der Waals surface area contributed by atoms with Gasteiger partial charge < -0.3 is 10.2 Å². The number of halogens is 1. The molecule has 1 aliphatic rings. The first-order valence-electron chi connectivity index (χ1n) is 6.42. The Morgan fingerprint density at radius 1 is 1.39 bits per heavy atom. The maximum absolute atomic E-state index is 5.46. The van der Waals surface area contributed by atoms with Crippen LogP contribution in [-0.4, -0.2) is 23.1 Å². The van der Waals surface area contributed by atoms with Crippen molar-refractivity contribution in [2.75, 3.05) is 7.05 Å². The van der Waals surface area contributed by atoms with Gasteiger partial charge in [-0.15, -0.1) is 0 Å². The lowest BCUT2D eigenvalue weighted by molar-refractivity contribution is 0.470. The maximum atomic E-state index is 5.46. The third-order valence-electron chi connectivity index (χ3n) is 3.39. The van der Waals surface area contributed by atoms with Crippen molar-refractivity contribution in [2.45, 2.75) is 38.3 Å². The molecular formula is C14H19BrN2S. The quantitative estimate of drug-likeness (QED) is 0.852. The summed E-state index contributed by atoms with van der Waals surface area (Å²) in [5.41, 5.74) is 1.26. The molecule has 1 aliphatic carbocycles. The largest absolute Gasteiger partial charge is 0.360 e. The molecule has 0 bridgehead atoms. The second-order valence-electron chi connectivity index (χ2n) is 4.88. The highest BCUT2D eigenvalue weighted by Gasteiger charge is 2.17. The van der Waals surface area contributed by atoms with E-state index in [9.17, 15) is 0 Å². The lowest BCUT2D eigenvalue weighted by Gasteiger charge is -2.24. The Morgan fingerprint density at radius 3 is 2.72 bits per heavy atom. The Bertz CT molecular complexity index is 416. The SMILES string of the molecule is CN(Cc1ccccc1Br)C(=S)NC1CCCC1. The van der Waals surface area contributed by atoms with Gasteiger partial charge in [0.05, 0.1) is 0 Å². The van der Waals surface area contributed by atoms with E-state index in [2.05, 4.69) is 44.3 Å². The first-order valence-corrected chi connectivity index (χ1v) is 7.62. The van der Waals surface area contributed by atoms with Crippen molar-refractivity contribution in [3.8, 4) is 0 Å². The molecule has 0 amide bonds. The van der Waals surface area contributed by atoms with Gasteiger partial charge in [0.25, 0.3) is 0 Å². The van der Waals surface area contributed by atoms with E-state index < -0.39 is 0 Å². The van der Waals surface area contributed by atoms with Crippen LogP contribution in [0.3, 0.4) is 0 Å². The van der Waals surface area contributed by atoms with Gasteiger partial charge in [-0.2, -0.15) is 0 Å². The summed E-state index contributed by atoms with van der Waals surface area (Å²) < 4.78 is 1.14. The molecule has 0 atom stereocenters. The van der Waals surface area contributed by atoms with Crippen molar-refractivity contribution in [1.82, 2.24) is 10.2 Å². The van der Waals surface area contributed by atoms with Gasteiger partial charge in [0.15, 0.2) is 5.11 Å². The first kappa shape index (κ1) is 13.8. The van der Waals surface area contributed by atoms with Crippen LogP contribution in [0.25, 0.3) is 0 Å². The van der Waals surface area contributed by atoms with E-state index in [4.69, 9.17) is 12.2 Å². The summed E-state index contributed by atoms with van der Waals surface area (Å²) in [6.07, 6.45) is 5.16. The zero-order valence-corrected chi connectivity index (χ0v) is 13.1. The molecule has 0 spiro atoms. The molecular weight excluding hydrogens is 308 g/mol. The highest BCUT2D eigenvalue weighted by atomic mass is 79.9. The number of hydrogen-bond acceptors (Lipinski definition) is 1. The molecule has 18 heavy (non-hydrogen) atoms. The molecule has 4 heteroatoms. The van der Waals surface area contributed by atoms with Gasteiger partial charge in [0.1, 0.15) is 0 Å². The second kappa shape index (κ2) is 6.53. The van der Waals surface area contributed by atoms with Crippen LogP contribution < -0.4 is 5.32 Å². The molecule has 0 aromatic heterocycles. The lowest BCUT2D eigenvalue weighted by Crippen LogP contribution is -2.41. The van der Waals surface area contributed by atoms with Crippen LogP contribution in [0, 0.1) is 0 Å². The number of rotatable bonds is 3. The monoisotopic (exact) mass is 326 g/mol. The van der Waals surface area contributed by atoms with E-state index in [1.165, 1.54) is 31.2 Å². The number of nitrogens with one attached hydrogen (secondary N) is 1. The highest BCUT2D eigenvalue weighted by molar-refractivity contribution is 9.10. The molecule has 98 valence electrons. The number of hydrogen-bond donors (Lipinski definition) is 1. The minimum Gasteiger partial charge on any atom is -0.360 e. The molecule has 1 aromatic rings. The van der Waals surface area contributed by atoms with Crippen molar-refractivity contribution in [3.63, 3.8) is 0 Å². The Balaban J connectivity index is 1.89. The van der Waals surface area contributed by atoms with Crippen LogP contribution >= 0.6 is 28.1 Å². The third kappa shape index (κ3) is 3.69. The number of nitrogens with zero attached hydrogens (tertiary/aromatic N) is 1. The zero-order chi connectivity index (χ0) is 13.0. The van der Waals surface area contributed by atoms with Gasteiger partial charge in [0.2, 0.25) is 0 Å². The molecule has 0 radical (unpaired) electrons. The molecule has 0 aliphatic heterocycles. The molecule has 1 aromatic carbocycles. The van der Waals surface area contributed by atoms with Crippen molar-refractivity contribution in [2.24, 2.45) is 0 Å². The average molecular weight is 327 g/mol. The van der Waals surface area contributed by atoms with E-state index in [0.717, 1.165) is 16.1 Å². The Kier molecular flexibility index (Phi) is 5.01. The number of thiocarbonyl (C=S) groups is 1. The van der Waals surface area contributed by atoms with Gasteiger partial charge in [-0.3, -0.25) is 0 Å². The summed E-state index contributed by atoms with van der Waals surface area (Å²) in [6, 6.07) is 8.86. The summed E-state index contributed by atoms with van der Waals surface area (Å²) in [7, 11) is 2.05. The third-order valence-corrected chi connectivity index (χ3v) is 4.60. The molecule has 0 heterocycles.